The van der Waals surface area contributed by atoms with Gasteiger partial charge in [-0.2, -0.15) is 5.26 Å². The summed E-state index contributed by atoms with van der Waals surface area (Å²) in [6.45, 7) is 0. The van der Waals surface area contributed by atoms with E-state index in [9.17, 15) is 8.78 Å². The van der Waals surface area contributed by atoms with Crippen molar-refractivity contribution in [3.05, 3.63) is 28.0 Å². The molecule has 15 heavy (non-hydrogen) atoms. The fourth-order valence-electron chi connectivity index (χ4n) is 1.13. The lowest BCUT2D eigenvalue weighted by atomic mass is 10.1. The molecule has 1 heterocycles. The zero-order valence-electron chi connectivity index (χ0n) is 7.48. The van der Waals surface area contributed by atoms with Crippen molar-refractivity contribution in [2.45, 2.75) is 18.7 Å². The van der Waals surface area contributed by atoms with Crippen LogP contribution in [-0.2, 0) is 12.3 Å². The van der Waals surface area contributed by atoms with Crippen LogP contribution >= 0.6 is 23.2 Å². The summed E-state index contributed by atoms with van der Waals surface area (Å²) in [7, 11) is 0. The van der Waals surface area contributed by atoms with Gasteiger partial charge in [-0.15, -0.1) is 11.6 Å². The van der Waals surface area contributed by atoms with E-state index in [-0.39, 0.29) is 28.6 Å². The molecule has 6 heteroatoms. The van der Waals surface area contributed by atoms with Crippen LogP contribution in [0.4, 0.5) is 8.78 Å². The molecular formula is C9H6Cl2F2N2. The van der Waals surface area contributed by atoms with Gasteiger partial charge in [0, 0.05) is 0 Å². The van der Waals surface area contributed by atoms with Gasteiger partial charge >= 0.3 is 0 Å². The number of nitrogens with zero attached hydrogens (tertiary/aromatic N) is 2. The minimum absolute atomic E-state index is 0.0210. The monoisotopic (exact) mass is 250 g/mol. The smallest absolute Gasteiger partial charge is 0.255 e. The van der Waals surface area contributed by atoms with Crippen LogP contribution in [0.5, 0.6) is 0 Å². The predicted octanol–water partition coefficient (Wildman–Crippen LogP) is 3.48. The van der Waals surface area contributed by atoms with Crippen LogP contribution in [0.25, 0.3) is 0 Å². The molecule has 1 rings (SSSR count). The molecule has 0 unspecified atom stereocenters. The second kappa shape index (κ2) is 5.24. The van der Waals surface area contributed by atoms with E-state index < -0.39 is 6.43 Å². The molecule has 0 fully saturated rings. The molecule has 0 saturated carbocycles. The van der Waals surface area contributed by atoms with Crippen molar-refractivity contribution in [1.29, 1.82) is 5.26 Å². The highest BCUT2D eigenvalue weighted by atomic mass is 35.5. The Kier molecular flexibility index (Phi) is 4.25. The molecule has 80 valence electrons. The minimum Gasteiger partial charge on any atom is -0.255 e. The SMILES string of the molecule is N#CCc1cc(Cl)c(C(F)F)c(CCl)n1. The van der Waals surface area contributed by atoms with Gasteiger partial charge in [-0.25, -0.2) is 8.78 Å². The second-order valence-electron chi connectivity index (χ2n) is 2.73. The quantitative estimate of drug-likeness (QED) is 0.771. The average molecular weight is 251 g/mol. The summed E-state index contributed by atoms with van der Waals surface area (Å²) in [5.41, 5.74) is 0.0281. The van der Waals surface area contributed by atoms with E-state index in [4.69, 9.17) is 28.5 Å². The summed E-state index contributed by atoms with van der Waals surface area (Å²) < 4.78 is 25.1. The third-order valence-corrected chi connectivity index (χ3v) is 2.31. The van der Waals surface area contributed by atoms with Crippen LogP contribution < -0.4 is 0 Å². The average Bonchev–Trinajstić information content (AvgIpc) is 2.16. The van der Waals surface area contributed by atoms with Crippen LogP contribution in [0.15, 0.2) is 6.07 Å². The maximum atomic E-state index is 12.5. The third kappa shape index (κ3) is 2.77. The molecule has 0 amide bonds. The van der Waals surface area contributed by atoms with E-state index in [2.05, 4.69) is 4.98 Å². The maximum absolute atomic E-state index is 12.5. The van der Waals surface area contributed by atoms with Gasteiger partial charge in [-0.3, -0.25) is 4.98 Å². The lowest BCUT2D eigenvalue weighted by Gasteiger charge is -2.09. The van der Waals surface area contributed by atoms with E-state index >= 15 is 0 Å². The molecule has 0 saturated heterocycles. The number of halogens is 4. The Morgan fingerprint density at radius 3 is 2.67 bits per heavy atom. The molecule has 0 spiro atoms. The van der Waals surface area contributed by atoms with Gasteiger partial charge in [-0.1, -0.05) is 11.6 Å². The number of pyridine rings is 1. The first kappa shape index (κ1) is 12.2. The van der Waals surface area contributed by atoms with Crippen molar-refractivity contribution in [2.24, 2.45) is 0 Å². The van der Waals surface area contributed by atoms with Crippen molar-refractivity contribution in [2.75, 3.05) is 0 Å². The zero-order valence-corrected chi connectivity index (χ0v) is 8.99. The van der Waals surface area contributed by atoms with Gasteiger partial charge in [-0.05, 0) is 6.07 Å². The third-order valence-electron chi connectivity index (χ3n) is 1.75. The molecule has 0 bridgehead atoms. The first-order valence-electron chi connectivity index (χ1n) is 3.99. The van der Waals surface area contributed by atoms with Gasteiger partial charge in [0.05, 0.1) is 40.3 Å². The number of hydrogen-bond acceptors (Lipinski definition) is 2. The summed E-state index contributed by atoms with van der Waals surface area (Å²) in [6.07, 6.45) is -2.69. The van der Waals surface area contributed by atoms with Crippen molar-refractivity contribution in [3.63, 3.8) is 0 Å². The van der Waals surface area contributed by atoms with Crippen molar-refractivity contribution >= 4 is 23.2 Å². The Labute approximate surface area is 95.4 Å². The molecular weight excluding hydrogens is 245 g/mol. The lowest BCUT2D eigenvalue weighted by Crippen LogP contribution is -2.01. The summed E-state index contributed by atoms with van der Waals surface area (Å²) >= 11 is 11.1. The van der Waals surface area contributed by atoms with Crippen molar-refractivity contribution < 1.29 is 8.78 Å². The Hall–Kier alpha value is -0.920. The molecule has 0 N–H and O–H groups in total. The lowest BCUT2D eigenvalue weighted by molar-refractivity contribution is 0.150. The standard InChI is InChI=1S/C9H6Cl2F2N2/c10-4-7-8(9(12)13)6(11)3-5(15-7)1-2-14/h3,9H,1,4H2. The molecule has 0 aromatic carbocycles. The highest BCUT2D eigenvalue weighted by Crippen LogP contribution is 2.30. The Bertz CT molecular complexity index is 402. The normalized spacial score (nSPS) is 10.4. The summed E-state index contributed by atoms with van der Waals surface area (Å²) in [6, 6.07) is 3.13. The zero-order chi connectivity index (χ0) is 11.4. The summed E-state index contributed by atoms with van der Waals surface area (Å²) in [4.78, 5) is 3.84. The Morgan fingerprint density at radius 1 is 1.53 bits per heavy atom. The fourth-order valence-corrected chi connectivity index (χ4v) is 1.65. The van der Waals surface area contributed by atoms with E-state index in [1.165, 1.54) is 6.07 Å². The van der Waals surface area contributed by atoms with Crippen LogP contribution in [-0.4, -0.2) is 4.98 Å². The second-order valence-corrected chi connectivity index (χ2v) is 3.40. The number of rotatable bonds is 3. The predicted molar refractivity (Wildman–Crippen MR) is 53.1 cm³/mol. The molecule has 0 atom stereocenters. The number of aromatic nitrogens is 1. The van der Waals surface area contributed by atoms with Crippen LogP contribution in [0.3, 0.4) is 0 Å². The van der Waals surface area contributed by atoms with E-state index in [0.29, 0.717) is 5.69 Å². The number of alkyl halides is 3. The maximum Gasteiger partial charge on any atom is 0.267 e. The van der Waals surface area contributed by atoms with Gasteiger partial charge < -0.3 is 0 Å². The summed E-state index contributed by atoms with van der Waals surface area (Å²) in [5.74, 6) is -0.154. The topological polar surface area (TPSA) is 36.7 Å². The molecule has 0 aliphatic rings. The van der Waals surface area contributed by atoms with Crippen LogP contribution in [0, 0.1) is 11.3 Å². The van der Waals surface area contributed by atoms with Gasteiger partial charge in [0.1, 0.15) is 0 Å². The number of hydrogen-bond donors (Lipinski definition) is 0. The molecule has 0 radical (unpaired) electrons. The number of nitriles is 1. The van der Waals surface area contributed by atoms with E-state index in [1.54, 1.807) is 0 Å². The molecule has 0 aliphatic heterocycles. The first-order chi connectivity index (χ1) is 7.10. The van der Waals surface area contributed by atoms with Crippen molar-refractivity contribution in [3.8, 4) is 6.07 Å². The first-order valence-corrected chi connectivity index (χ1v) is 4.90. The van der Waals surface area contributed by atoms with Gasteiger partial charge in [0.2, 0.25) is 0 Å². The minimum atomic E-state index is -2.71. The molecule has 2 nitrogen and oxygen atoms in total. The fraction of sp³-hybridized carbons (Fsp3) is 0.333. The van der Waals surface area contributed by atoms with Crippen LogP contribution in [0.1, 0.15) is 23.4 Å². The highest BCUT2D eigenvalue weighted by Gasteiger charge is 2.19. The van der Waals surface area contributed by atoms with Crippen molar-refractivity contribution in [1.82, 2.24) is 4.98 Å². The Morgan fingerprint density at radius 2 is 2.20 bits per heavy atom. The van der Waals surface area contributed by atoms with Gasteiger partial charge in [0.15, 0.2) is 0 Å². The van der Waals surface area contributed by atoms with E-state index in [0.717, 1.165) is 0 Å². The van der Waals surface area contributed by atoms with Crippen LogP contribution in [0.2, 0.25) is 5.02 Å². The largest absolute Gasteiger partial charge is 0.267 e. The van der Waals surface area contributed by atoms with Gasteiger partial charge in [0.25, 0.3) is 6.43 Å². The molecule has 0 aliphatic carbocycles. The highest BCUT2D eigenvalue weighted by molar-refractivity contribution is 6.31. The molecule has 1 aromatic rings. The van der Waals surface area contributed by atoms with E-state index in [1.807, 2.05) is 6.07 Å². The summed E-state index contributed by atoms with van der Waals surface area (Å²) in [5, 5.41) is 8.34. The molecule has 1 aromatic heterocycles. The Balaban J connectivity index is 3.25.